The molecule has 1 fully saturated rings. The smallest absolute Gasteiger partial charge is 0.350 e. The second kappa shape index (κ2) is 4.51. The zero-order valence-electron chi connectivity index (χ0n) is 9.53. The molecular weight excluding hydrogens is 224 g/mol. The highest BCUT2D eigenvalue weighted by Crippen LogP contribution is 2.43. The number of hydrogen-bond donors (Lipinski definition) is 1. The van der Waals surface area contributed by atoms with Gasteiger partial charge < -0.3 is 10.5 Å². The van der Waals surface area contributed by atoms with Gasteiger partial charge >= 0.3 is 5.97 Å². The average molecular weight is 240 g/mol. The lowest BCUT2D eigenvalue weighted by atomic mass is 10.2. The summed E-state index contributed by atoms with van der Waals surface area (Å²) in [4.78, 5) is 16.9. The number of nitrogens with zero attached hydrogens (tertiary/aromatic N) is 1. The number of carbonyl (C=O) groups is 1. The second-order valence-corrected chi connectivity index (χ2v) is 5.08. The minimum absolute atomic E-state index is 0.120. The molecule has 1 aromatic heterocycles. The molecule has 1 saturated carbocycles. The Kier molecular flexibility index (Phi) is 3.25. The van der Waals surface area contributed by atoms with Crippen molar-refractivity contribution in [2.45, 2.75) is 38.6 Å². The summed E-state index contributed by atoms with van der Waals surface area (Å²) < 4.78 is 5.03. The number of hydrogen-bond acceptors (Lipinski definition) is 5. The van der Waals surface area contributed by atoms with Gasteiger partial charge in [-0.15, -0.1) is 11.3 Å². The first-order valence-corrected chi connectivity index (χ1v) is 6.38. The number of ether oxygens (including phenoxy) is 1. The predicted molar refractivity (Wildman–Crippen MR) is 62.6 cm³/mol. The first-order valence-electron chi connectivity index (χ1n) is 5.56. The van der Waals surface area contributed by atoms with Crippen molar-refractivity contribution >= 4 is 17.3 Å². The Morgan fingerprint density at radius 3 is 2.88 bits per heavy atom. The zero-order chi connectivity index (χ0) is 11.7. The Labute approximate surface area is 98.8 Å². The van der Waals surface area contributed by atoms with Crippen molar-refractivity contribution in [1.29, 1.82) is 0 Å². The van der Waals surface area contributed by atoms with Crippen LogP contribution in [0.15, 0.2) is 0 Å². The molecule has 88 valence electrons. The highest BCUT2D eigenvalue weighted by atomic mass is 32.1. The minimum atomic E-state index is -0.256. The number of aromatic nitrogens is 1. The van der Waals surface area contributed by atoms with Crippen LogP contribution in [0, 0.1) is 0 Å². The molecule has 0 radical (unpaired) electrons. The Hall–Kier alpha value is -0.940. The summed E-state index contributed by atoms with van der Waals surface area (Å²) in [5, 5.41) is 0.824. The molecule has 0 amide bonds. The lowest BCUT2D eigenvalue weighted by Crippen LogP contribution is -2.05. The highest BCUT2D eigenvalue weighted by Gasteiger charge is 2.32. The van der Waals surface area contributed by atoms with Gasteiger partial charge in [0, 0.05) is 5.92 Å². The van der Waals surface area contributed by atoms with Crippen molar-refractivity contribution < 1.29 is 9.53 Å². The maximum atomic E-state index is 11.7. The maximum Gasteiger partial charge on any atom is 0.350 e. The molecule has 1 unspecified atom stereocenters. The third-order valence-corrected chi connectivity index (χ3v) is 3.74. The quantitative estimate of drug-likeness (QED) is 0.819. The van der Waals surface area contributed by atoms with E-state index in [2.05, 4.69) is 4.98 Å². The second-order valence-electron chi connectivity index (χ2n) is 4.05. The first kappa shape index (κ1) is 11.5. The van der Waals surface area contributed by atoms with E-state index >= 15 is 0 Å². The number of esters is 1. The monoisotopic (exact) mass is 240 g/mol. The van der Waals surface area contributed by atoms with Crippen LogP contribution in [0.5, 0.6) is 0 Å². The summed E-state index contributed by atoms with van der Waals surface area (Å²) in [6.07, 6.45) is 2.24. The highest BCUT2D eigenvalue weighted by molar-refractivity contribution is 7.13. The molecule has 0 saturated heterocycles. The van der Waals surface area contributed by atoms with Crippen LogP contribution in [-0.4, -0.2) is 17.6 Å². The molecule has 5 heteroatoms. The third-order valence-electron chi connectivity index (χ3n) is 2.48. The predicted octanol–water partition coefficient (Wildman–Crippen LogP) is 2.22. The van der Waals surface area contributed by atoms with Crippen molar-refractivity contribution in [3.05, 3.63) is 15.6 Å². The fourth-order valence-electron chi connectivity index (χ4n) is 1.52. The summed E-state index contributed by atoms with van der Waals surface area (Å²) in [5.74, 6) is 0.192. The van der Waals surface area contributed by atoms with Gasteiger partial charge in [-0.3, -0.25) is 0 Å². The summed E-state index contributed by atoms with van der Waals surface area (Å²) in [6, 6.07) is -0.120. The molecule has 0 bridgehead atoms. The maximum absolute atomic E-state index is 11.7. The van der Waals surface area contributed by atoms with Gasteiger partial charge in [0.15, 0.2) is 0 Å². The SMILES string of the molecule is CCOC(=O)c1sc(C(C)N)nc1C1CC1. The molecule has 16 heavy (non-hydrogen) atoms. The Balaban J connectivity index is 2.30. The number of rotatable bonds is 4. The molecule has 0 aromatic carbocycles. The lowest BCUT2D eigenvalue weighted by Gasteiger charge is -1.99. The summed E-state index contributed by atoms with van der Waals surface area (Å²) in [6.45, 7) is 4.08. The van der Waals surface area contributed by atoms with Crippen LogP contribution in [0.2, 0.25) is 0 Å². The van der Waals surface area contributed by atoms with E-state index in [1.807, 2.05) is 13.8 Å². The Bertz CT molecular complexity index is 397. The van der Waals surface area contributed by atoms with Crippen LogP contribution in [0.1, 0.15) is 59.0 Å². The number of carbonyl (C=O) groups excluding carboxylic acids is 1. The topological polar surface area (TPSA) is 65.2 Å². The minimum Gasteiger partial charge on any atom is -0.462 e. The van der Waals surface area contributed by atoms with Gasteiger partial charge in [-0.25, -0.2) is 9.78 Å². The molecule has 1 aromatic rings. The van der Waals surface area contributed by atoms with Gasteiger partial charge in [0.05, 0.1) is 18.3 Å². The molecule has 1 aliphatic rings. The first-order chi connectivity index (χ1) is 7.63. The Morgan fingerprint density at radius 2 is 2.38 bits per heavy atom. The Morgan fingerprint density at radius 1 is 1.69 bits per heavy atom. The molecule has 1 aliphatic carbocycles. The van der Waals surface area contributed by atoms with Crippen molar-refractivity contribution in [1.82, 2.24) is 4.98 Å². The van der Waals surface area contributed by atoms with Crippen molar-refractivity contribution in [2.75, 3.05) is 6.61 Å². The number of thiazole rings is 1. The fraction of sp³-hybridized carbons (Fsp3) is 0.636. The van der Waals surface area contributed by atoms with Crippen LogP contribution in [0.3, 0.4) is 0 Å². The van der Waals surface area contributed by atoms with E-state index in [1.54, 1.807) is 0 Å². The standard InChI is InChI=1S/C11H16N2O2S/c1-3-15-11(14)9-8(7-4-5-7)13-10(16-9)6(2)12/h6-7H,3-5,12H2,1-2H3. The zero-order valence-corrected chi connectivity index (χ0v) is 10.3. The van der Waals surface area contributed by atoms with Crippen molar-refractivity contribution in [3.8, 4) is 0 Å². The van der Waals surface area contributed by atoms with Crippen LogP contribution < -0.4 is 5.73 Å². The molecule has 0 spiro atoms. The molecule has 4 nitrogen and oxygen atoms in total. The van der Waals surface area contributed by atoms with Crippen molar-refractivity contribution in [3.63, 3.8) is 0 Å². The third kappa shape index (κ3) is 2.25. The van der Waals surface area contributed by atoms with E-state index < -0.39 is 0 Å². The average Bonchev–Trinajstić information content (AvgIpc) is 2.97. The molecule has 2 N–H and O–H groups in total. The number of nitrogens with two attached hydrogens (primary N) is 1. The van der Waals surface area contributed by atoms with E-state index in [4.69, 9.17) is 10.5 Å². The van der Waals surface area contributed by atoms with E-state index in [9.17, 15) is 4.79 Å². The van der Waals surface area contributed by atoms with Gasteiger partial charge in [0.25, 0.3) is 0 Å². The lowest BCUT2D eigenvalue weighted by molar-refractivity contribution is 0.0530. The van der Waals surface area contributed by atoms with Crippen LogP contribution in [0.4, 0.5) is 0 Å². The van der Waals surface area contributed by atoms with Crippen molar-refractivity contribution in [2.24, 2.45) is 5.73 Å². The molecule has 2 rings (SSSR count). The van der Waals surface area contributed by atoms with E-state index in [-0.39, 0.29) is 12.0 Å². The molecule has 1 heterocycles. The summed E-state index contributed by atoms with van der Waals surface area (Å²) >= 11 is 1.37. The molecular formula is C11H16N2O2S. The van der Waals surface area contributed by atoms with Crippen LogP contribution in [-0.2, 0) is 4.74 Å². The van der Waals surface area contributed by atoms with Gasteiger partial charge in [-0.1, -0.05) is 0 Å². The normalized spacial score (nSPS) is 17.2. The summed E-state index contributed by atoms with van der Waals surface area (Å²) in [5.41, 5.74) is 6.69. The molecule has 0 aliphatic heterocycles. The van der Waals surface area contributed by atoms with E-state index in [1.165, 1.54) is 11.3 Å². The van der Waals surface area contributed by atoms with Crippen LogP contribution in [0.25, 0.3) is 0 Å². The van der Waals surface area contributed by atoms with Gasteiger partial charge in [0.2, 0.25) is 0 Å². The van der Waals surface area contributed by atoms with E-state index in [0.717, 1.165) is 23.5 Å². The fourth-order valence-corrected chi connectivity index (χ4v) is 2.52. The summed E-state index contributed by atoms with van der Waals surface area (Å²) in [7, 11) is 0. The van der Waals surface area contributed by atoms with Crippen LogP contribution >= 0.6 is 11.3 Å². The van der Waals surface area contributed by atoms with E-state index in [0.29, 0.717) is 17.4 Å². The van der Waals surface area contributed by atoms with Gasteiger partial charge in [0.1, 0.15) is 9.88 Å². The molecule has 1 atom stereocenters. The largest absolute Gasteiger partial charge is 0.462 e. The van der Waals surface area contributed by atoms with Gasteiger partial charge in [-0.05, 0) is 26.7 Å². The van der Waals surface area contributed by atoms with Gasteiger partial charge in [-0.2, -0.15) is 0 Å².